The van der Waals surface area contributed by atoms with Crippen LogP contribution in [0.2, 0.25) is 0 Å². The van der Waals surface area contributed by atoms with Gasteiger partial charge in [-0.1, -0.05) is 29.5 Å². The minimum absolute atomic E-state index is 0.260. The lowest BCUT2D eigenvalue weighted by Gasteiger charge is -2.34. The zero-order valence-corrected chi connectivity index (χ0v) is 17.0. The van der Waals surface area contributed by atoms with Crippen molar-refractivity contribution in [3.8, 4) is 0 Å². The molecule has 1 fully saturated rings. The van der Waals surface area contributed by atoms with E-state index in [4.69, 9.17) is 0 Å². The first-order valence-corrected chi connectivity index (χ1v) is 10.9. The summed E-state index contributed by atoms with van der Waals surface area (Å²) in [4.78, 5) is 30.3. The Morgan fingerprint density at radius 3 is 2.83 bits per heavy atom. The Hall–Kier alpha value is -2.93. The van der Waals surface area contributed by atoms with Gasteiger partial charge in [0, 0.05) is 55.9 Å². The zero-order chi connectivity index (χ0) is 19.6. The molecule has 1 aliphatic rings. The Balaban J connectivity index is 1.13. The summed E-state index contributed by atoms with van der Waals surface area (Å²) in [6.07, 6.45) is 6.28. The SMILES string of the molecule is O=C(CCCc1c[nH]c2ccccc12)N1CCN(c2nc3cccnc3s2)CC1. The van der Waals surface area contributed by atoms with Crippen molar-refractivity contribution in [2.45, 2.75) is 19.3 Å². The fourth-order valence-electron chi connectivity index (χ4n) is 3.97. The number of carbonyl (C=O) groups excluding carboxylic acids is 1. The molecule has 0 radical (unpaired) electrons. The number of benzene rings is 1. The highest BCUT2D eigenvalue weighted by atomic mass is 32.1. The average Bonchev–Trinajstić information content (AvgIpc) is 3.38. The zero-order valence-electron chi connectivity index (χ0n) is 16.2. The Morgan fingerprint density at radius 1 is 1.10 bits per heavy atom. The van der Waals surface area contributed by atoms with Crippen LogP contribution in [0.4, 0.5) is 5.13 Å². The first-order chi connectivity index (χ1) is 14.3. The first-order valence-electron chi connectivity index (χ1n) is 10.1. The second-order valence-electron chi connectivity index (χ2n) is 7.41. The lowest BCUT2D eigenvalue weighted by molar-refractivity contribution is -0.131. The van der Waals surface area contributed by atoms with E-state index in [0.717, 1.165) is 60.0 Å². The minimum atomic E-state index is 0.260. The van der Waals surface area contributed by atoms with E-state index >= 15 is 0 Å². The molecule has 7 heteroatoms. The number of rotatable bonds is 5. The van der Waals surface area contributed by atoms with E-state index in [2.05, 4.69) is 44.2 Å². The molecule has 3 aromatic heterocycles. The quantitative estimate of drug-likeness (QED) is 0.548. The van der Waals surface area contributed by atoms with Gasteiger partial charge in [0.25, 0.3) is 0 Å². The van der Waals surface area contributed by atoms with Gasteiger partial charge in [0.05, 0.1) is 0 Å². The van der Waals surface area contributed by atoms with Crippen molar-refractivity contribution in [2.75, 3.05) is 31.1 Å². The van der Waals surface area contributed by atoms with Crippen LogP contribution in [0.1, 0.15) is 18.4 Å². The molecule has 1 aromatic carbocycles. The van der Waals surface area contributed by atoms with E-state index in [-0.39, 0.29) is 5.91 Å². The van der Waals surface area contributed by atoms with Crippen LogP contribution < -0.4 is 4.90 Å². The number of aromatic amines is 1. The van der Waals surface area contributed by atoms with Gasteiger partial charge in [0.15, 0.2) is 5.13 Å². The number of nitrogens with zero attached hydrogens (tertiary/aromatic N) is 4. The number of carbonyl (C=O) groups is 1. The van der Waals surface area contributed by atoms with Crippen molar-refractivity contribution in [3.05, 3.63) is 54.4 Å². The number of para-hydroxylation sites is 1. The number of pyridine rings is 1. The van der Waals surface area contributed by atoms with Crippen LogP contribution in [0.15, 0.2) is 48.8 Å². The van der Waals surface area contributed by atoms with Crippen LogP contribution in [0.25, 0.3) is 21.3 Å². The lowest BCUT2D eigenvalue weighted by atomic mass is 10.1. The van der Waals surface area contributed by atoms with Crippen LogP contribution in [-0.4, -0.2) is 51.9 Å². The Labute approximate surface area is 173 Å². The summed E-state index contributed by atoms with van der Waals surface area (Å²) in [5, 5.41) is 2.27. The number of thiazole rings is 1. The predicted octanol–water partition coefficient (Wildman–Crippen LogP) is 3.84. The van der Waals surface area contributed by atoms with Crippen molar-refractivity contribution in [1.29, 1.82) is 0 Å². The number of hydrogen-bond acceptors (Lipinski definition) is 5. The summed E-state index contributed by atoms with van der Waals surface area (Å²) in [7, 11) is 0. The maximum atomic E-state index is 12.7. The molecule has 1 saturated heterocycles. The molecule has 0 bridgehead atoms. The van der Waals surface area contributed by atoms with E-state index in [0.29, 0.717) is 6.42 Å². The number of hydrogen-bond donors (Lipinski definition) is 1. The molecule has 4 heterocycles. The maximum absolute atomic E-state index is 12.7. The van der Waals surface area contributed by atoms with Crippen molar-refractivity contribution in [3.63, 3.8) is 0 Å². The van der Waals surface area contributed by atoms with Gasteiger partial charge < -0.3 is 14.8 Å². The molecule has 6 nitrogen and oxygen atoms in total. The molecule has 0 aliphatic carbocycles. The molecule has 0 unspecified atom stereocenters. The number of H-pyrrole nitrogens is 1. The number of aryl methyl sites for hydroxylation is 1. The standard InChI is InChI=1S/C22H23N5OS/c28-20(9-3-5-16-15-24-18-7-2-1-6-17(16)18)26-11-13-27(14-12-26)22-25-19-8-4-10-23-21(19)29-22/h1-2,4,6-8,10,15,24H,3,5,9,11-14H2. The highest BCUT2D eigenvalue weighted by Gasteiger charge is 2.23. The maximum Gasteiger partial charge on any atom is 0.222 e. The smallest absolute Gasteiger partial charge is 0.222 e. The van der Waals surface area contributed by atoms with E-state index in [9.17, 15) is 4.79 Å². The minimum Gasteiger partial charge on any atom is -0.361 e. The van der Waals surface area contributed by atoms with Crippen LogP contribution in [0, 0.1) is 0 Å². The molecular formula is C22H23N5OS. The molecule has 148 valence electrons. The van der Waals surface area contributed by atoms with Crippen LogP contribution in [0.3, 0.4) is 0 Å². The molecule has 1 amide bonds. The third kappa shape index (κ3) is 3.70. The van der Waals surface area contributed by atoms with Gasteiger partial charge in [0.2, 0.25) is 5.91 Å². The van der Waals surface area contributed by atoms with Gasteiger partial charge in [-0.05, 0) is 36.6 Å². The lowest BCUT2D eigenvalue weighted by Crippen LogP contribution is -2.48. The molecule has 0 saturated carbocycles. The van der Waals surface area contributed by atoms with E-state index in [1.54, 1.807) is 17.5 Å². The molecule has 1 N–H and O–H groups in total. The Kier molecular flexibility index (Phi) is 4.89. The fourth-order valence-corrected chi connectivity index (χ4v) is 4.93. The number of fused-ring (bicyclic) bond motifs is 2. The van der Waals surface area contributed by atoms with Crippen LogP contribution >= 0.6 is 11.3 Å². The summed E-state index contributed by atoms with van der Waals surface area (Å²) in [5.74, 6) is 0.260. The Morgan fingerprint density at radius 2 is 1.97 bits per heavy atom. The van der Waals surface area contributed by atoms with Crippen LogP contribution in [-0.2, 0) is 11.2 Å². The van der Waals surface area contributed by atoms with E-state index < -0.39 is 0 Å². The normalized spacial score (nSPS) is 14.8. The topological polar surface area (TPSA) is 65.1 Å². The Bertz CT molecular complexity index is 1110. The fraction of sp³-hybridized carbons (Fsp3) is 0.318. The van der Waals surface area contributed by atoms with Crippen molar-refractivity contribution < 1.29 is 4.79 Å². The number of nitrogens with one attached hydrogen (secondary N) is 1. The monoisotopic (exact) mass is 405 g/mol. The van der Waals surface area contributed by atoms with Crippen molar-refractivity contribution in [1.82, 2.24) is 19.9 Å². The molecule has 4 aromatic rings. The van der Waals surface area contributed by atoms with Gasteiger partial charge in [-0.2, -0.15) is 0 Å². The highest BCUT2D eigenvalue weighted by molar-refractivity contribution is 7.21. The number of amides is 1. The molecule has 0 spiro atoms. The average molecular weight is 406 g/mol. The largest absolute Gasteiger partial charge is 0.361 e. The molecular weight excluding hydrogens is 382 g/mol. The van der Waals surface area contributed by atoms with Gasteiger partial charge in [0.1, 0.15) is 10.3 Å². The van der Waals surface area contributed by atoms with Crippen molar-refractivity contribution >= 4 is 43.6 Å². The second kappa shape index (κ2) is 7.83. The van der Waals surface area contributed by atoms with Gasteiger partial charge in [-0.15, -0.1) is 0 Å². The predicted molar refractivity (Wildman–Crippen MR) is 117 cm³/mol. The van der Waals surface area contributed by atoms with Gasteiger partial charge in [-0.25, -0.2) is 9.97 Å². The molecule has 1 aliphatic heterocycles. The van der Waals surface area contributed by atoms with E-state index in [1.165, 1.54) is 10.9 Å². The summed E-state index contributed by atoms with van der Waals surface area (Å²) in [6, 6.07) is 12.2. The molecule has 29 heavy (non-hydrogen) atoms. The molecule has 5 rings (SSSR count). The van der Waals surface area contributed by atoms with E-state index in [1.807, 2.05) is 23.1 Å². The molecule has 0 atom stereocenters. The third-order valence-corrected chi connectivity index (χ3v) is 6.61. The van der Waals surface area contributed by atoms with Crippen molar-refractivity contribution in [2.24, 2.45) is 0 Å². The summed E-state index contributed by atoms with van der Waals surface area (Å²) in [6.45, 7) is 3.17. The summed E-state index contributed by atoms with van der Waals surface area (Å²) in [5.41, 5.74) is 3.40. The van der Waals surface area contributed by atoms with Gasteiger partial charge in [-0.3, -0.25) is 4.79 Å². The van der Waals surface area contributed by atoms with Crippen LogP contribution in [0.5, 0.6) is 0 Å². The number of piperazine rings is 1. The summed E-state index contributed by atoms with van der Waals surface area (Å²) < 4.78 is 0. The van der Waals surface area contributed by atoms with Gasteiger partial charge >= 0.3 is 0 Å². The number of aromatic nitrogens is 3. The first kappa shape index (κ1) is 18.1. The second-order valence-corrected chi connectivity index (χ2v) is 8.36. The highest BCUT2D eigenvalue weighted by Crippen LogP contribution is 2.27. The number of anilines is 1. The summed E-state index contributed by atoms with van der Waals surface area (Å²) >= 11 is 1.62. The third-order valence-electron chi connectivity index (χ3n) is 5.57.